The van der Waals surface area contributed by atoms with Crippen LogP contribution in [0.4, 0.5) is 30.7 Å². The summed E-state index contributed by atoms with van der Waals surface area (Å²) in [7, 11) is 0. The highest BCUT2D eigenvalue weighted by Crippen LogP contribution is 2.47. The molecular weight excluding hydrogens is 339 g/mol. The first-order valence-corrected chi connectivity index (χ1v) is 5.86. The second-order valence-corrected chi connectivity index (χ2v) is 4.49. The fourth-order valence-electron chi connectivity index (χ4n) is 1.47. The van der Waals surface area contributed by atoms with Crippen molar-refractivity contribution in [2.45, 2.75) is 30.7 Å². The van der Waals surface area contributed by atoms with E-state index < -0.39 is 36.0 Å². The first-order valence-electron chi connectivity index (χ1n) is 5.86. The molecule has 0 aromatic heterocycles. The average Bonchev–Trinajstić information content (AvgIpc) is 2.38. The maximum absolute atomic E-state index is 13.3. The van der Waals surface area contributed by atoms with E-state index in [9.17, 15) is 35.5 Å². The van der Waals surface area contributed by atoms with Gasteiger partial charge in [0.05, 0.1) is 0 Å². The molecule has 1 atom stereocenters. The third-order valence-corrected chi connectivity index (χ3v) is 2.68. The summed E-state index contributed by atoms with van der Waals surface area (Å²) in [4.78, 5) is 10.5. The fraction of sp³-hybridized carbons (Fsp3) is 0.417. The van der Waals surface area contributed by atoms with Crippen molar-refractivity contribution in [2.24, 2.45) is 5.73 Å². The Bertz CT molecular complexity index is 539. The van der Waals surface area contributed by atoms with Crippen molar-refractivity contribution >= 4 is 5.97 Å². The highest BCUT2D eigenvalue weighted by Gasteiger charge is 2.76. The lowest BCUT2D eigenvalue weighted by Gasteiger charge is -2.30. The number of halogens is 7. The minimum absolute atomic E-state index is 0.204. The van der Waals surface area contributed by atoms with Crippen LogP contribution in [0, 0.1) is 0 Å². The van der Waals surface area contributed by atoms with Crippen LogP contribution in [0.25, 0.3) is 0 Å². The maximum atomic E-state index is 13.3. The topological polar surface area (TPSA) is 72.5 Å². The summed E-state index contributed by atoms with van der Waals surface area (Å²) in [6, 6.07) is 1.94. The number of alkyl halides is 7. The molecule has 4 nitrogen and oxygen atoms in total. The Morgan fingerprint density at radius 2 is 1.48 bits per heavy atom. The standard InChI is InChI=1S/C12H10F7NO3/c13-10(11(14,15)16,12(17,18)19)23-7-3-1-6(2-4-7)5-8(20)9(21)22/h1-4,8H,5,20H2,(H,21,22)/t8-/m0/s1. The van der Waals surface area contributed by atoms with E-state index in [1.54, 1.807) is 0 Å². The van der Waals surface area contributed by atoms with Gasteiger partial charge in [0, 0.05) is 0 Å². The predicted octanol–water partition coefficient (Wildman–Crippen LogP) is 2.81. The molecule has 0 bridgehead atoms. The molecule has 0 aliphatic carbocycles. The fourth-order valence-corrected chi connectivity index (χ4v) is 1.47. The number of ether oxygens (including phenoxy) is 1. The van der Waals surface area contributed by atoms with E-state index >= 15 is 0 Å². The molecule has 0 aliphatic rings. The van der Waals surface area contributed by atoms with Gasteiger partial charge in [-0.3, -0.25) is 4.79 Å². The molecule has 3 N–H and O–H groups in total. The van der Waals surface area contributed by atoms with Gasteiger partial charge in [-0.1, -0.05) is 12.1 Å². The van der Waals surface area contributed by atoms with Gasteiger partial charge in [0.15, 0.2) is 0 Å². The average molecular weight is 349 g/mol. The third kappa shape index (κ3) is 4.24. The molecule has 0 amide bonds. The summed E-state index contributed by atoms with van der Waals surface area (Å²) in [5, 5.41) is 8.58. The number of carbonyl (C=O) groups is 1. The summed E-state index contributed by atoms with van der Waals surface area (Å²) < 4.78 is 90.8. The molecule has 1 aromatic rings. The zero-order chi connectivity index (χ0) is 18.1. The highest BCUT2D eigenvalue weighted by atomic mass is 19.4. The number of rotatable bonds is 5. The normalized spacial score (nSPS) is 14.4. The Balaban J connectivity index is 2.98. The van der Waals surface area contributed by atoms with Crippen molar-refractivity contribution in [3.8, 4) is 5.75 Å². The Morgan fingerprint density at radius 3 is 1.83 bits per heavy atom. The molecule has 1 rings (SSSR count). The van der Waals surface area contributed by atoms with Gasteiger partial charge < -0.3 is 15.6 Å². The molecule has 0 saturated carbocycles. The lowest BCUT2D eigenvalue weighted by molar-refractivity contribution is -0.405. The van der Waals surface area contributed by atoms with E-state index in [2.05, 4.69) is 4.74 Å². The maximum Gasteiger partial charge on any atom is 0.470 e. The molecule has 130 valence electrons. The van der Waals surface area contributed by atoms with E-state index in [0.29, 0.717) is 12.1 Å². The van der Waals surface area contributed by atoms with Crippen LogP contribution >= 0.6 is 0 Å². The summed E-state index contributed by atoms with van der Waals surface area (Å²) >= 11 is 0. The first kappa shape index (κ1) is 19.0. The van der Waals surface area contributed by atoms with Crippen molar-refractivity contribution in [1.82, 2.24) is 0 Å². The van der Waals surface area contributed by atoms with Gasteiger partial charge in [0.25, 0.3) is 0 Å². The Kier molecular flexibility index (Phi) is 5.14. The largest absolute Gasteiger partial charge is 0.480 e. The van der Waals surface area contributed by atoms with Gasteiger partial charge in [-0.15, -0.1) is 0 Å². The van der Waals surface area contributed by atoms with Gasteiger partial charge in [-0.25, -0.2) is 0 Å². The molecule has 11 heteroatoms. The zero-order valence-corrected chi connectivity index (χ0v) is 11.1. The Morgan fingerprint density at radius 1 is 1.04 bits per heavy atom. The number of carboxylic acids is 1. The molecule has 0 aliphatic heterocycles. The first-order chi connectivity index (χ1) is 10.3. The Hall–Kier alpha value is -2.04. The van der Waals surface area contributed by atoms with Crippen molar-refractivity contribution < 1.29 is 45.4 Å². The number of hydrogen-bond acceptors (Lipinski definition) is 3. The van der Waals surface area contributed by atoms with Crippen LogP contribution in [0.2, 0.25) is 0 Å². The van der Waals surface area contributed by atoms with Crippen LogP contribution in [-0.4, -0.2) is 35.3 Å². The smallest absolute Gasteiger partial charge is 0.470 e. The molecule has 1 aromatic carbocycles. The monoisotopic (exact) mass is 349 g/mol. The lowest BCUT2D eigenvalue weighted by Crippen LogP contribution is -2.57. The van der Waals surface area contributed by atoms with Gasteiger partial charge in [-0.05, 0) is 24.1 Å². The molecule has 0 heterocycles. The van der Waals surface area contributed by atoms with Gasteiger partial charge >= 0.3 is 24.2 Å². The van der Waals surface area contributed by atoms with Crippen molar-refractivity contribution in [3.05, 3.63) is 29.8 Å². The predicted molar refractivity (Wildman–Crippen MR) is 62.3 cm³/mol. The van der Waals surface area contributed by atoms with Gasteiger partial charge in [-0.2, -0.15) is 30.7 Å². The lowest BCUT2D eigenvalue weighted by atomic mass is 10.1. The molecular formula is C12H10F7NO3. The van der Waals surface area contributed by atoms with Crippen LogP contribution < -0.4 is 10.5 Å². The number of benzene rings is 1. The highest BCUT2D eigenvalue weighted by molar-refractivity contribution is 5.73. The molecule has 0 fully saturated rings. The van der Waals surface area contributed by atoms with Crippen LogP contribution in [0.1, 0.15) is 5.56 Å². The SMILES string of the molecule is N[C@@H](Cc1ccc(OC(F)(C(F)(F)F)C(F)(F)F)cc1)C(=O)O. The van der Waals surface area contributed by atoms with Crippen LogP contribution in [0.5, 0.6) is 5.75 Å². The number of hydrogen-bond donors (Lipinski definition) is 2. The zero-order valence-electron chi connectivity index (χ0n) is 11.1. The van der Waals surface area contributed by atoms with Crippen molar-refractivity contribution in [1.29, 1.82) is 0 Å². The minimum Gasteiger partial charge on any atom is -0.480 e. The molecule has 0 saturated heterocycles. The number of aliphatic carboxylic acids is 1. The number of nitrogens with two attached hydrogens (primary N) is 1. The second kappa shape index (κ2) is 6.22. The number of carboxylic acid groups (broad SMARTS) is 1. The van der Waals surface area contributed by atoms with Gasteiger partial charge in [0.2, 0.25) is 0 Å². The van der Waals surface area contributed by atoms with E-state index in [1.807, 2.05) is 0 Å². The molecule has 0 spiro atoms. The third-order valence-electron chi connectivity index (χ3n) is 2.68. The molecule has 23 heavy (non-hydrogen) atoms. The van der Waals surface area contributed by atoms with E-state index in [0.717, 1.165) is 12.1 Å². The summed E-state index contributed by atoms with van der Waals surface area (Å²) in [5.74, 6) is -8.24. The van der Waals surface area contributed by atoms with Crippen molar-refractivity contribution in [3.63, 3.8) is 0 Å². The van der Waals surface area contributed by atoms with E-state index in [1.165, 1.54) is 0 Å². The minimum atomic E-state index is -6.34. The van der Waals surface area contributed by atoms with Crippen LogP contribution in [0.15, 0.2) is 24.3 Å². The summed E-state index contributed by atoms with van der Waals surface area (Å²) in [6.07, 6.45) is -12.9. The quantitative estimate of drug-likeness (QED) is 0.802. The molecule has 0 unspecified atom stereocenters. The van der Waals surface area contributed by atoms with E-state index in [-0.39, 0.29) is 12.0 Å². The van der Waals surface area contributed by atoms with E-state index in [4.69, 9.17) is 10.8 Å². The second-order valence-electron chi connectivity index (χ2n) is 4.49. The van der Waals surface area contributed by atoms with Gasteiger partial charge in [0.1, 0.15) is 11.8 Å². The summed E-state index contributed by atoms with van der Waals surface area (Å²) in [6.45, 7) is 0. The van der Waals surface area contributed by atoms with Crippen LogP contribution in [-0.2, 0) is 11.2 Å². The summed E-state index contributed by atoms with van der Waals surface area (Å²) in [5.41, 5.74) is 5.42. The van der Waals surface area contributed by atoms with Crippen molar-refractivity contribution in [2.75, 3.05) is 0 Å². The Labute approximate surface area is 124 Å². The molecule has 0 radical (unpaired) electrons. The van der Waals surface area contributed by atoms with Crippen LogP contribution in [0.3, 0.4) is 0 Å².